The lowest BCUT2D eigenvalue weighted by Crippen LogP contribution is -2.56. The molecule has 2 heterocycles. The number of hydrogen-bond donors (Lipinski definition) is 1. The largest absolute Gasteiger partial charge is 0.378 e. The predicted molar refractivity (Wildman–Crippen MR) is 115 cm³/mol. The molecule has 1 saturated heterocycles. The van der Waals surface area contributed by atoms with Crippen molar-refractivity contribution in [2.75, 3.05) is 19.6 Å². The molecule has 1 aliphatic rings. The van der Waals surface area contributed by atoms with E-state index in [9.17, 15) is 14.7 Å². The van der Waals surface area contributed by atoms with Crippen molar-refractivity contribution >= 4 is 11.8 Å². The van der Waals surface area contributed by atoms with Crippen LogP contribution < -0.4 is 0 Å². The standard InChI is InChI=1S/C24H25N3O4/c1-16-14-21(31-25-16)18-8-10-19(11-9-18)22(28)24(30)27-13-12-26(15-17(27)2)23(29)20-6-4-3-5-7-20/h3-11,14,17,22,28H,12-13,15H2,1-2H3/t17-,22?/m1/s1. The van der Waals surface area contributed by atoms with Gasteiger partial charge in [-0.05, 0) is 31.5 Å². The van der Waals surface area contributed by atoms with Gasteiger partial charge >= 0.3 is 0 Å². The predicted octanol–water partition coefficient (Wildman–Crippen LogP) is 3.06. The molecule has 1 aromatic heterocycles. The molecule has 2 atom stereocenters. The van der Waals surface area contributed by atoms with E-state index >= 15 is 0 Å². The zero-order chi connectivity index (χ0) is 22.0. The summed E-state index contributed by atoms with van der Waals surface area (Å²) in [6.45, 7) is 4.98. The Kier molecular flexibility index (Phi) is 5.86. The van der Waals surface area contributed by atoms with Gasteiger partial charge in [0.2, 0.25) is 0 Å². The SMILES string of the molecule is Cc1cc(-c2ccc(C(O)C(=O)N3CCN(C(=O)c4ccccc4)C[C@H]3C)cc2)on1. The molecule has 31 heavy (non-hydrogen) atoms. The van der Waals surface area contributed by atoms with Gasteiger partial charge in [0.15, 0.2) is 11.9 Å². The van der Waals surface area contributed by atoms with Gasteiger partial charge in [-0.2, -0.15) is 0 Å². The van der Waals surface area contributed by atoms with Gasteiger partial charge in [0, 0.05) is 42.9 Å². The third kappa shape index (κ3) is 4.36. The van der Waals surface area contributed by atoms with Crippen LogP contribution in [0.4, 0.5) is 0 Å². The average molecular weight is 419 g/mol. The van der Waals surface area contributed by atoms with Crippen LogP contribution in [0.5, 0.6) is 0 Å². The average Bonchev–Trinajstić information content (AvgIpc) is 3.24. The van der Waals surface area contributed by atoms with E-state index in [4.69, 9.17) is 4.52 Å². The van der Waals surface area contributed by atoms with Gasteiger partial charge in [-0.3, -0.25) is 9.59 Å². The molecule has 0 bridgehead atoms. The molecule has 4 rings (SSSR count). The second kappa shape index (κ2) is 8.73. The normalized spacial score (nSPS) is 17.5. The number of aliphatic hydroxyl groups is 1. The van der Waals surface area contributed by atoms with Gasteiger partial charge < -0.3 is 19.4 Å². The summed E-state index contributed by atoms with van der Waals surface area (Å²) in [6.07, 6.45) is -1.26. The van der Waals surface area contributed by atoms with E-state index in [0.29, 0.717) is 36.5 Å². The second-order valence-corrected chi connectivity index (χ2v) is 7.85. The van der Waals surface area contributed by atoms with Crippen LogP contribution in [0.25, 0.3) is 11.3 Å². The molecule has 3 aromatic rings. The zero-order valence-electron chi connectivity index (χ0n) is 17.6. The number of carbonyl (C=O) groups excluding carboxylic acids is 2. The van der Waals surface area contributed by atoms with E-state index in [0.717, 1.165) is 11.3 Å². The van der Waals surface area contributed by atoms with Crippen molar-refractivity contribution in [3.05, 3.63) is 77.5 Å². The highest BCUT2D eigenvalue weighted by Gasteiger charge is 2.33. The molecule has 160 valence electrons. The summed E-state index contributed by atoms with van der Waals surface area (Å²) in [7, 11) is 0. The minimum atomic E-state index is -1.26. The third-order valence-electron chi connectivity index (χ3n) is 5.59. The molecule has 7 nitrogen and oxygen atoms in total. The first kappa shape index (κ1) is 20.8. The molecule has 2 amide bonds. The zero-order valence-corrected chi connectivity index (χ0v) is 17.6. The molecular weight excluding hydrogens is 394 g/mol. The fourth-order valence-corrected chi connectivity index (χ4v) is 3.86. The molecule has 7 heteroatoms. The monoisotopic (exact) mass is 419 g/mol. The molecule has 2 aromatic carbocycles. The number of benzene rings is 2. The Morgan fingerprint density at radius 1 is 1.10 bits per heavy atom. The summed E-state index contributed by atoms with van der Waals surface area (Å²) in [5.74, 6) is 0.235. The fraction of sp³-hybridized carbons (Fsp3) is 0.292. The number of nitrogens with zero attached hydrogens (tertiary/aromatic N) is 3. The molecule has 0 spiro atoms. The van der Waals surface area contributed by atoms with Crippen LogP contribution in [0.1, 0.15) is 34.6 Å². The van der Waals surface area contributed by atoms with Crippen LogP contribution in [0.2, 0.25) is 0 Å². The molecule has 1 N–H and O–H groups in total. The maximum Gasteiger partial charge on any atom is 0.256 e. The number of carbonyl (C=O) groups is 2. The molecule has 1 fully saturated rings. The van der Waals surface area contributed by atoms with Crippen molar-refractivity contribution in [1.82, 2.24) is 15.0 Å². The van der Waals surface area contributed by atoms with E-state index < -0.39 is 6.10 Å². The van der Waals surface area contributed by atoms with Gasteiger partial charge in [-0.15, -0.1) is 0 Å². The maximum absolute atomic E-state index is 13.0. The van der Waals surface area contributed by atoms with Crippen molar-refractivity contribution < 1.29 is 19.2 Å². The van der Waals surface area contributed by atoms with Crippen LogP contribution in [0, 0.1) is 6.92 Å². The summed E-state index contributed by atoms with van der Waals surface area (Å²) in [4.78, 5) is 29.0. The topological polar surface area (TPSA) is 86.9 Å². The first-order chi connectivity index (χ1) is 14.9. The highest BCUT2D eigenvalue weighted by molar-refractivity contribution is 5.94. The Morgan fingerprint density at radius 2 is 1.81 bits per heavy atom. The number of amides is 2. The Hall–Kier alpha value is -3.45. The first-order valence-electron chi connectivity index (χ1n) is 10.3. The highest BCUT2D eigenvalue weighted by atomic mass is 16.5. The Bertz CT molecular complexity index is 1060. The first-order valence-corrected chi connectivity index (χ1v) is 10.3. The summed E-state index contributed by atoms with van der Waals surface area (Å²) < 4.78 is 5.25. The van der Waals surface area contributed by atoms with Crippen LogP contribution in [-0.2, 0) is 4.79 Å². The van der Waals surface area contributed by atoms with Gasteiger partial charge in [0.05, 0.1) is 5.69 Å². The van der Waals surface area contributed by atoms with Gasteiger partial charge in [0.1, 0.15) is 0 Å². The lowest BCUT2D eigenvalue weighted by Gasteiger charge is -2.40. The van der Waals surface area contributed by atoms with E-state index in [2.05, 4.69) is 5.16 Å². The van der Waals surface area contributed by atoms with Crippen LogP contribution in [-0.4, -0.2) is 57.6 Å². The number of aliphatic hydroxyl groups excluding tert-OH is 1. The lowest BCUT2D eigenvalue weighted by atomic mass is 10.0. The van der Waals surface area contributed by atoms with Gasteiger partial charge in [0.25, 0.3) is 11.8 Å². The fourth-order valence-electron chi connectivity index (χ4n) is 3.86. The number of rotatable bonds is 4. The highest BCUT2D eigenvalue weighted by Crippen LogP contribution is 2.25. The number of hydrogen-bond acceptors (Lipinski definition) is 5. The number of aryl methyl sites for hydroxylation is 1. The molecule has 0 aliphatic carbocycles. The number of piperazine rings is 1. The smallest absolute Gasteiger partial charge is 0.256 e. The van der Waals surface area contributed by atoms with E-state index in [1.54, 1.807) is 46.2 Å². The van der Waals surface area contributed by atoms with Crippen molar-refractivity contribution in [1.29, 1.82) is 0 Å². The Morgan fingerprint density at radius 3 is 2.42 bits per heavy atom. The van der Waals surface area contributed by atoms with Crippen LogP contribution in [0.3, 0.4) is 0 Å². The quantitative estimate of drug-likeness (QED) is 0.702. The maximum atomic E-state index is 13.0. The van der Waals surface area contributed by atoms with E-state index in [1.165, 1.54) is 0 Å². The van der Waals surface area contributed by atoms with Crippen LogP contribution >= 0.6 is 0 Å². The van der Waals surface area contributed by atoms with Gasteiger partial charge in [-0.25, -0.2) is 0 Å². The Labute approximate surface area is 180 Å². The summed E-state index contributed by atoms with van der Waals surface area (Å²) in [5.41, 5.74) is 2.76. The van der Waals surface area contributed by atoms with Crippen LogP contribution in [0.15, 0.2) is 65.2 Å². The van der Waals surface area contributed by atoms with Crippen molar-refractivity contribution in [2.24, 2.45) is 0 Å². The Balaban J connectivity index is 1.40. The summed E-state index contributed by atoms with van der Waals surface area (Å²) >= 11 is 0. The lowest BCUT2D eigenvalue weighted by molar-refractivity contribution is -0.144. The van der Waals surface area contributed by atoms with E-state index in [1.807, 2.05) is 38.1 Å². The van der Waals surface area contributed by atoms with Crippen molar-refractivity contribution in [3.63, 3.8) is 0 Å². The summed E-state index contributed by atoms with van der Waals surface area (Å²) in [6, 6.07) is 17.8. The minimum Gasteiger partial charge on any atom is -0.378 e. The molecular formula is C24H25N3O4. The third-order valence-corrected chi connectivity index (χ3v) is 5.59. The minimum absolute atomic E-state index is 0.0432. The molecule has 1 unspecified atom stereocenters. The van der Waals surface area contributed by atoms with E-state index in [-0.39, 0.29) is 17.9 Å². The number of aromatic nitrogens is 1. The van der Waals surface area contributed by atoms with Crippen molar-refractivity contribution in [2.45, 2.75) is 26.0 Å². The second-order valence-electron chi connectivity index (χ2n) is 7.85. The van der Waals surface area contributed by atoms with Crippen molar-refractivity contribution in [3.8, 4) is 11.3 Å². The molecule has 0 radical (unpaired) electrons. The molecule has 0 saturated carbocycles. The molecule has 1 aliphatic heterocycles. The van der Waals surface area contributed by atoms with Gasteiger partial charge in [-0.1, -0.05) is 47.6 Å². The summed E-state index contributed by atoms with van der Waals surface area (Å²) in [5, 5.41) is 14.5.